The SMILES string of the molecule is CCc1ccc(C=Cc2ccc(N(CC)CC)cc2)[n+](C(C)C)c1.CCc1ccc(C=Cc2ccc(N(CC)CC)cc2)[n+](C(C)C)c1.O.[Br-].[Br-]. The minimum atomic E-state index is 0. The van der Waals surface area contributed by atoms with Gasteiger partial charge in [-0.05, 0) is 128 Å². The zero-order valence-electron chi connectivity index (χ0n) is 32.8. The summed E-state index contributed by atoms with van der Waals surface area (Å²) in [6, 6.07) is 27.5. The molecular formula is C44H64Br2N4O. The van der Waals surface area contributed by atoms with Gasteiger partial charge in [-0.15, -0.1) is 0 Å². The molecule has 7 heteroatoms. The lowest BCUT2D eigenvalue weighted by Crippen LogP contribution is -3.00. The number of hydrogen-bond acceptors (Lipinski definition) is 2. The molecule has 0 fully saturated rings. The number of hydrogen-bond donors (Lipinski definition) is 0. The summed E-state index contributed by atoms with van der Waals surface area (Å²) in [5.74, 6) is 0. The first-order chi connectivity index (χ1) is 23.2. The van der Waals surface area contributed by atoms with Crippen molar-refractivity contribution in [3.8, 4) is 0 Å². The third-order valence-corrected chi connectivity index (χ3v) is 9.01. The van der Waals surface area contributed by atoms with Crippen molar-refractivity contribution >= 4 is 35.7 Å². The van der Waals surface area contributed by atoms with Crippen molar-refractivity contribution in [3.05, 3.63) is 119 Å². The summed E-state index contributed by atoms with van der Waals surface area (Å²) in [6.45, 7) is 26.3. The maximum Gasteiger partial charge on any atom is 0.205 e. The van der Waals surface area contributed by atoms with E-state index in [-0.39, 0.29) is 39.4 Å². The van der Waals surface area contributed by atoms with Crippen LogP contribution in [0.4, 0.5) is 11.4 Å². The van der Waals surface area contributed by atoms with E-state index >= 15 is 0 Å². The Bertz CT molecular complexity index is 1470. The molecule has 280 valence electrons. The van der Waals surface area contributed by atoms with E-state index in [1.54, 1.807) is 0 Å². The molecule has 0 bridgehead atoms. The van der Waals surface area contributed by atoms with Crippen molar-refractivity contribution in [2.45, 2.75) is 94.2 Å². The van der Waals surface area contributed by atoms with Crippen LogP contribution in [0, 0.1) is 0 Å². The van der Waals surface area contributed by atoms with Crippen LogP contribution in [0.25, 0.3) is 24.3 Å². The highest BCUT2D eigenvalue weighted by Gasteiger charge is 2.14. The molecule has 0 saturated carbocycles. The van der Waals surface area contributed by atoms with Gasteiger partial charge in [-0.3, -0.25) is 0 Å². The molecule has 0 atom stereocenters. The lowest BCUT2D eigenvalue weighted by atomic mass is 10.1. The molecule has 2 aromatic carbocycles. The molecule has 4 aromatic rings. The number of aryl methyl sites for hydroxylation is 2. The Labute approximate surface area is 331 Å². The molecule has 0 radical (unpaired) electrons. The zero-order valence-corrected chi connectivity index (χ0v) is 36.0. The molecule has 0 aliphatic heterocycles. The van der Waals surface area contributed by atoms with E-state index in [2.05, 4.69) is 198 Å². The number of aromatic nitrogens is 2. The Balaban J connectivity index is 0.000000926. The molecule has 2 aromatic heterocycles. The van der Waals surface area contributed by atoms with Gasteiger partial charge in [0.15, 0.2) is 24.5 Å². The van der Waals surface area contributed by atoms with E-state index < -0.39 is 0 Å². The van der Waals surface area contributed by atoms with E-state index in [4.69, 9.17) is 0 Å². The quantitative estimate of drug-likeness (QED) is 0.183. The fraction of sp³-hybridized carbons (Fsp3) is 0.409. The first-order valence-electron chi connectivity index (χ1n) is 18.3. The monoisotopic (exact) mass is 822 g/mol. The molecule has 0 saturated heterocycles. The summed E-state index contributed by atoms with van der Waals surface area (Å²) >= 11 is 0. The van der Waals surface area contributed by atoms with Gasteiger partial charge in [-0.2, -0.15) is 9.13 Å². The standard InChI is InChI=1S/2C22H31N2.2BrH.H2O/c2*1-6-19-9-15-22(24(17-19)18(4)5)16-12-20-10-13-21(14-11-20)23(7-2)8-3;;;/h2*9-18H,6-8H2,1-5H3;2*1H;1H2/q2*+1;;;/p-2. The van der Waals surface area contributed by atoms with Gasteiger partial charge in [-0.1, -0.05) is 38.1 Å². The van der Waals surface area contributed by atoms with Crippen LogP contribution in [0.5, 0.6) is 0 Å². The number of benzene rings is 2. The van der Waals surface area contributed by atoms with Crippen LogP contribution in [0.1, 0.15) is 115 Å². The minimum Gasteiger partial charge on any atom is -1.00 e. The molecule has 4 rings (SSSR count). The van der Waals surface area contributed by atoms with Gasteiger partial charge in [0.1, 0.15) is 0 Å². The van der Waals surface area contributed by atoms with Crippen molar-refractivity contribution in [3.63, 3.8) is 0 Å². The lowest BCUT2D eigenvalue weighted by molar-refractivity contribution is -0.718. The fourth-order valence-corrected chi connectivity index (χ4v) is 5.88. The van der Waals surface area contributed by atoms with E-state index in [1.165, 1.54) is 45.0 Å². The Morgan fingerprint density at radius 1 is 0.471 bits per heavy atom. The third-order valence-electron chi connectivity index (χ3n) is 9.01. The zero-order chi connectivity index (χ0) is 35.1. The van der Waals surface area contributed by atoms with Crippen LogP contribution < -0.4 is 52.9 Å². The highest BCUT2D eigenvalue weighted by Crippen LogP contribution is 2.18. The maximum absolute atomic E-state index is 2.36. The Morgan fingerprint density at radius 3 is 1.04 bits per heavy atom. The molecule has 2 N–H and O–H groups in total. The largest absolute Gasteiger partial charge is 1.00 e. The highest BCUT2D eigenvalue weighted by molar-refractivity contribution is 5.69. The number of anilines is 2. The Hall–Kier alpha value is -3.26. The van der Waals surface area contributed by atoms with Crippen LogP contribution in [0.15, 0.2) is 85.2 Å². The predicted molar refractivity (Wildman–Crippen MR) is 214 cm³/mol. The molecule has 0 unspecified atom stereocenters. The molecule has 0 aliphatic rings. The molecule has 51 heavy (non-hydrogen) atoms. The topological polar surface area (TPSA) is 45.7 Å². The summed E-state index contributed by atoms with van der Waals surface area (Å²) in [4.78, 5) is 4.73. The minimum absolute atomic E-state index is 0. The van der Waals surface area contributed by atoms with Crippen LogP contribution in [-0.4, -0.2) is 31.7 Å². The second kappa shape index (κ2) is 24.8. The second-order valence-corrected chi connectivity index (χ2v) is 12.8. The fourth-order valence-electron chi connectivity index (χ4n) is 5.88. The Kier molecular flexibility index (Phi) is 23.3. The van der Waals surface area contributed by atoms with Crippen LogP contribution in [-0.2, 0) is 12.8 Å². The molecule has 2 heterocycles. The molecule has 0 amide bonds. The van der Waals surface area contributed by atoms with E-state index in [0.717, 1.165) is 39.0 Å². The summed E-state index contributed by atoms with van der Waals surface area (Å²) in [5.41, 5.74) is 10.3. The third kappa shape index (κ3) is 14.4. The number of halogens is 2. The average molecular weight is 825 g/mol. The van der Waals surface area contributed by atoms with Gasteiger partial charge in [0.2, 0.25) is 11.4 Å². The van der Waals surface area contributed by atoms with Crippen molar-refractivity contribution < 1.29 is 48.6 Å². The molecular weight excluding hydrogens is 760 g/mol. The van der Waals surface area contributed by atoms with Gasteiger partial charge in [-0.25, -0.2) is 0 Å². The maximum atomic E-state index is 2.36. The first kappa shape index (κ1) is 47.7. The smallest absolute Gasteiger partial charge is 0.205 e. The Morgan fingerprint density at radius 2 is 0.784 bits per heavy atom. The van der Waals surface area contributed by atoms with Crippen molar-refractivity contribution in [1.82, 2.24) is 0 Å². The summed E-state index contributed by atoms with van der Waals surface area (Å²) in [6.07, 6.45) is 15.5. The van der Waals surface area contributed by atoms with Crippen molar-refractivity contribution in [1.29, 1.82) is 0 Å². The number of pyridine rings is 2. The van der Waals surface area contributed by atoms with Gasteiger partial charge in [0.25, 0.3) is 0 Å². The molecule has 5 nitrogen and oxygen atoms in total. The molecule has 0 spiro atoms. The summed E-state index contributed by atoms with van der Waals surface area (Å²) < 4.78 is 4.69. The van der Waals surface area contributed by atoms with E-state index in [9.17, 15) is 0 Å². The molecule has 0 aliphatic carbocycles. The highest BCUT2D eigenvalue weighted by atomic mass is 79.9. The first-order valence-corrected chi connectivity index (χ1v) is 18.3. The van der Waals surface area contributed by atoms with Crippen LogP contribution in [0.2, 0.25) is 0 Å². The average Bonchev–Trinajstić information content (AvgIpc) is 3.12. The number of rotatable bonds is 14. The van der Waals surface area contributed by atoms with E-state index in [0.29, 0.717) is 12.1 Å². The van der Waals surface area contributed by atoms with Gasteiger partial charge < -0.3 is 49.2 Å². The number of nitrogens with zero attached hydrogens (tertiary/aromatic N) is 4. The normalized spacial score (nSPS) is 10.7. The second-order valence-electron chi connectivity index (χ2n) is 12.8. The van der Waals surface area contributed by atoms with Crippen LogP contribution in [0.3, 0.4) is 0 Å². The van der Waals surface area contributed by atoms with Gasteiger partial charge in [0.05, 0.1) is 0 Å². The summed E-state index contributed by atoms with van der Waals surface area (Å²) in [7, 11) is 0. The van der Waals surface area contributed by atoms with Crippen molar-refractivity contribution in [2.75, 3.05) is 36.0 Å². The van der Waals surface area contributed by atoms with Gasteiger partial charge in [0, 0.05) is 73.0 Å². The van der Waals surface area contributed by atoms with Crippen molar-refractivity contribution in [2.24, 2.45) is 0 Å². The van der Waals surface area contributed by atoms with Gasteiger partial charge >= 0.3 is 0 Å². The summed E-state index contributed by atoms with van der Waals surface area (Å²) in [5, 5.41) is 0. The van der Waals surface area contributed by atoms with E-state index in [1.807, 2.05) is 0 Å². The predicted octanol–water partition coefficient (Wildman–Crippen LogP) is 3.45. The lowest BCUT2D eigenvalue weighted by Gasteiger charge is -2.20. The van der Waals surface area contributed by atoms with Crippen LogP contribution >= 0.6 is 0 Å².